The Hall–Kier alpha value is -2.02. The van der Waals surface area contributed by atoms with Crippen molar-refractivity contribution in [2.75, 3.05) is 11.3 Å². The molecule has 0 unspecified atom stereocenters. The summed E-state index contributed by atoms with van der Waals surface area (Å²) in [7, 11) is -3.71. The van der Waals surface area contributed by atoms with E-state index in [1.54, 1.807) is 38.1 Å². The van der Waals surface area contributed by atoms with Crippen LogP contribution in [0.5, 0.6) is 5.75 Å². The number of sulfonamides is 1. The first-order valence-electron chi connectivity index (χ1n) is 7.12. The van der Waals surface area contributed by atoms with Crippen LogP contribution >= 0.6 is 0 Å². The molecule has 0 aliphatic heterocycles. The second-order valence-electron chi connectivity index (χ2n) is 4.99. The summed E-state index contributed by atoms with van der Waals surface area (Å²) in [6, 6.07) is 6.80. The number of unbranched alkanes of at least 4 members (excludes halogenated alkanes) is 1. The summed E-state index contributed by atoms with van der Waals surface area (Å²) in [6.45, 7) is 5.91. The number of hydrogen-bond donors (Lipinski definition) is 1. The molecule has 0 amide bonds. The van der Waals surface area contributed by atoms with Gasteiger partial charge < -0.3 is 9.26 Å². The van der Waals surface area contributed by atoms with Gasteiger partial charge in [-0.15, -0.1) is 0 Å². The van der Waals surface area contributed by atoms with Crippen LogP contribution in [0.4, 0.5) is 5.69 Å². The lowest BCUT2D eigenvalue weighted by Gasteiger charge is -2.09. The van der Waals surface area contributed by atoms with Crippen LogP contribution in [-0.4, -0.2) is 20.2 Å². The summed E-state index contributed by atoms with van der Waals surface area (Å²) >= 11 is 0. The van der Waals surface area contributed by atoms with E-state index >= 15 is 0 Å². The van der Waals surface area contributed by atoms with Gasteiger partial charge in [0.25, 0.3) is 10.0 Å². The molecule has 1 aromatic carbocycles. The summed E-state index contributed by atoms with van der Waals surface area (Å²) < 4.78 is 37.7. The molecule has 2 aromatic rings. The Balaban J connectivity index is 2.10. The Morgan fingerprint density at radius 2 is 1.91 bits per heavy atom. The van der Waals surface area contributed by atoms with Crippen LogP contribution in [0.25, 0.3) is 0 Å². The normalized spacial score (nSPS) is 11.4. The molecule has 0 saturated heterocycles. The van der Waals surface area contributed by atoms with Crippen LogP contribution in [-0.2, 0) is 10.0 Å². The SMILES string of the molecule is CCCCOc1ccc(NS(=O)(=O)c2c(C)noc2C)cc1. The third-order valence-corrected chi connectivity index (χ3v) is 4.73. The van der Waals surface area contributed by atoms with Crippen molar-refractivity contribution in [3.8, 4) is 5.75 Å². The maximum atomic E-state index is 12.4. The zero-order valence-electron chi connectivity index (χ0n) is 12.9. The van der Waals surface area contributed by atoms with Crippen molar-refractivity contribution in [2.45, 2.75) is 38.5 Å². The van der Waals surface area contributed by atoms with E-state index in [0.717, 1.165) is 12.8 Å². The highest BCUT2D eigenvalue weighted by Gasteiger charge is 2.24. The van der Waals surface area contributed by atoms with E-state index in [9.17, 15) is 8.42 Å². The first-order valence-corrected chi connectivity index (χ1v) is 8.61. The topological polar surface area (TPSA) is 81.4 Å². The van der Waals surface area contributed by atoms with Crippen LogP contribution in [0.3, 0.4) is 0 Å². The van der Waals surface area contributed by atoms with E-state index in [1.165, 1.54) is 0 Å². The van der Waals surface area contributed by atoms with E-state index in [2.05, 4.69) is 16.8 Å². The van der Waals surface area contributed by atoms with E-state index in [-0.39, 0.29) is 10.7 Å². The van der Waals surface area contributed by atoms with Crippen molar-refractivity contribution >= 4 is 15.7 Å². The van der Waals surface area contributed by atoms with E-state index in [1.807, 2.05) is 0 Å². The average molecular weight is 324 g/mol. The van der Waals surface area contributed by atoms with Crippen molar-refractivity contribution in [1.82, 2.24) is 5.16 Å². The van der Waals surface area contributed by atoms with Crippen molar-refractivity contribution in [2.24, 2.45) is 0 Å². The summed E-state index contributed by atoms with van der Waals surface area (Å²) in [5, 5.41) is 3.67. The predicted octanol–water partition coefficient (Wildman–Crippen LogP) is 3.27. The molecular weight excluding hydrogens is 304 g/mol. The molecule has 0 atom stereocenters. The first kappa shape index (κ1) is 16.4. The third-order valence-electron chi connectivity index (χ3n) is 3.11. The number of anilines is 1. The largest absolute Gasteiger partial charge is 0.494 e. The third kappa shape index (κ3) is 3.79. The molecule has 2 rings (SSSR count). The van der Waals surface area contributed by atoms with Gasteiger partial charge in [0.2, 0.25) is 0 Å². The Morgan fingerprint density at radius 3 is 2.45 bits per heavy atom. The van der Waals surface area contributed by atoms with Gasteiger partial charge in [-0.2, -0.15) is 0 Å². The molecule has 22 heavy (non-hydrogen) atoms. The number of ether oxygens (including phenoxy) is 1. The van der Waals surface area contributed by atoms with Gasteiger partial charge in [0.1, 0.15) is 11.4 Å². The smallest absolute Gasteiger partial charge is 0.267 e. The quantitative estimate of drug-likeness (QED) is 0.790. The van der Waals surface area contributed by atoms with Crippen molar-refractivity contribution in [3.05, 3.63) is 35.7 Å². The van der Waals surface area contributed by atoms with Crippen molar-refractivity contribution < 1.29 is 17.7 Å². The molecule has 6 nitrogen and oxygen atoms in total. The highest BCUT2D eigenvalue weighted by molar-refractivity contribution is 7.92. The number of benzene rings is 1. The maximum absolute atomic E-state index is 12.4. The predicted molar refractivity (Wildman–Crippen MR) is 83.6 cm³/mol. The number of rotatable bonds is 7. The zero-order valence-corrected chi connectivity index (χ0v) is 13.7. The monoisotopic (exact) mass is 324 g/mol. The fourth-order valence-electron chi connectivity index (χ4n) is 2.02. The summed E-state index contributed by atoms with van der Waals surface area (Å²) in [4.78, 5) is 0.0794. The highest BCUT2D eigenvalue weighted by Crippen LogP contribution is 2.23. The molecule has 1 aromatic heterocycles. The Labute approximate surface area is 130 Å². The lowest BCUT2D eigenvalue weighted by molar-refractivity contribution is 0.309. The minimum absolute atomic E-state index is 0.0794. The van der Waals surface area contributed by atoms with Crippen molar-refractivity contribution in [3.63, 3.8) is 0 Å². The summed E-state index contributed by atoms with van der Waals surface area (Å²) in [6.07, 6.45) is 2.05. The lowest BCUT2D eigenvalue weighted by atomic mass is 10.3. The number of nitrogens with one attached hydrogen (secondary N) is 1. The molecule has 0 radical (unpaired) electrons. The second kappa shape index (κ2) is 6.83. The van der Waals surface area contributed by atoms with Crippen LogP contribution in [0.15, 0.2) is 33.7 Å². The first-order chi connectivity index (χ1) is 10.4. The molecule has 1 heterocycles. The van der Waals surface area contributed by atoms with E-state index in [4.69, 9.17) is 9.26 Å². The highest BCUT2D eigenvalue weighted by atomic mass is 32.2. The van der Waals surface area contributed by atoms with Crippen LogP contribution < -0.4 is 9.46 Å². The number of aromatic nitrogens is 1. The minimum atomic E-state index is -3.71. The van der Waals surface area contributed by atoms with Gasteiger partial charge in [0.15, 0.2) is 10.7 Å². The van der Waals surface area contributed by atoms with E-state index in [0.29, 0.717) is 23.7 Å². The molecule has 0 aliphatic rings. The minimum Gasteiger partial charge on any atom is -0.494 e. The molecule has 0 bridgehead atoms. The summed E-state index contributed by atoms with van der Waals surface area (Å²) in [5.74, 6) is 0.984. The molecule has 1 N–H and O–H groups in total. The molecule has 0 saturated carbocycles. The van der Waals surface area contributed by atoms with Crippen LogP contribution in [0.1, 0.15) is 31.2 Å². The molecule has 0 aliphatic carbocycles. The molecule has 0 fully saturated rings. The molecule has 0 spiro atoms. The van der Waals surface area contributed by atoms with Gasteiger partial charge in [-0.1, -0.05) is 18.5 Å². The van der Waals surface area contributed by atoms with Gasteiger partial charge >= 0.3 is 0 Å². The molecular formula is C15H20N2O4S. The number of hydrogen-bond acceptors (Lipinski definition) is 5. The Bertz CT molecular complexity index is 701. The van der Waals surface area contributed by atoms with Crippen molar-refractivity contribution in [1.29, 1.82) is 0 Å². The maximum Gasteiger partial charge on any atom is 0.267 e. The van der Waals surface area contributed by atoms with E-state index < -0.39 is 10.0 Å². The van der Waals surface area contributed by atoms with Gasteiger partial charge in [-0.05, 0) is 44.5 Å². The Kier molecular flexibility index (Phi) is 5.07. The second-order valence-corrected chi connectivity index (χ2v) is 6.60. The molecule has 7 heteroatoms. The van der Waals surface area contributed by atoms with Gasteiger partial charge in [0.05, 0.1) is 6.61 Å². The summed E-state index contributed by atoms with van der Waals surface area (Å²) in [5.41, 5.74) is 0.798. The fourth-order valence-corrected chi connectivity index (χ4v) is 3.41. The number of nitrogens with zero attached hydrogens (tertiary/aromatic N) is 1. The number of aryl methyl sites for hydroxylation is 2. The fraction of sp³-hybridized carbons (Fsp3) is 0.400. The Morgan fingerprint density at radius 1 is 1.23 bits per heavy atom. The van der Waals surface area contributed by atoms with Crippen LogP contribution in [0.2, 0.25) is 0 Å². The van der Waals surface area contributed by atoms with Gasteiger partial charge in [0, 0.05) is 5.69 Å². The molecule has 120 valence electrons. The lowest BCUT2D eigenvalue weighted by Crippen LogP contribution is -2.14. The zero-order chi connectivity index (χ0) is 16.2. The van der Waals surface area contributed by atoms with Crippen LogP contribution in [0, 0.1) is 13.8 Å². The van der Waals surface area contributed by atoms with Gasteiger partial charge in [-0.3, -0.25) is 4.72 Å². The average Bonchev–Trinajstić information content (AvgIpc) is 2.81. The van der Waals surface area contributed by atoms with Gasteiger partial charge in [-0.25, -0.2) is 8.42 Å². The standard InChI is InChI=1S/C15H20N2O4S/c1-4-5-10-20-14-8-6-13(7-9-14)17-22(18,19)15-11(2)16-21-12(15)3/h6-9,17H,4-5,10H2,1-3H3.